The number of amides is 1. The third-order valence-electron chi connectivity index (χ3n) is 3.86. The molecule has 0 spiro atoms. The number of allylic oxidation sites excluding steroid dienone is 1. The van der Waals surface area contributed by atoms with Crippen LogP contribution in [0.5, 0.6) is 0 Å². The van der Waals surface area contributed by atoms with Gasteiger partial charge in [0.2, 0.25) is 15.9 Å². The van der Waals surface area contributed by atoms with E-state index in [0.717, 1.165) is 10.4 Å². The van der Waals surface area contributed by atoms with Gasteiger partial charge in [0.15, 0.2) is 9.84 Å². The minimum atomic E-state index is -3.99. The highest BCUT2D eigenvalue weighted by molar-refractivity contribution is 7.93. The van der Waals surface area contributed by atoms with Crippen molar-refractivity contribution in [1.82, 2.24) is 9.62 Å². The Morgan fingerprint density at radius 2 is 1.96 bits per heavy atom. The monoisotopic (exact) mass is 372 g/mol. The normalized spacial score (nSPS) is 18.6. The molecular formula is C15H20N2O5S2. The highest BCUT2D eigenvalue weighted by Crippen LogP contribution is 2.28. The zero-order valence-corrected chi connectivity index (χ0v) is 15.2. The molecule has 132 valence electrons. The molecule has 1 aromatic rings. The number of sulfonamides is 1. The predicted octanol–water partition coefficient (Wildman–Crippen LogP) is 0.328. The van der Waals surface area contributed by atoms with Crippen molar-refractivity contribution in [3.63, 3.8) is 0 Å². The summed E-state index contributed by atoms with van der Waals surface area (Å²) in [5, 5.41) is 1.30. The molecule has 7 nitrogen and oxygen atoms in total. The van der Waals surface area contributed by atoms with Gasteiger partial charge < -0.3 is 5.32 Å². The second kappa shape index (κ2) is 6.66. The fraction of sp³-hybridized carbons (Fsp3) is 0.400. The smallest absolute Gasteiger partial charge is 0.242 e. The molecule has 1 aromatic carbocycles. The third kappa shape index (κ3) is 3.24. The molecule has 24 heavy (non-hydrogen) atoms. The van der Waals surface area contributed by atoms with Gasteiger partial charge in [-0.1, -0.05) is 12.1 Å². The van der Waals surface area contributed by atoms with E-state index in [2.05, 4.69) is 11.9 Å². The summed E-state index contributed by atoms with van der Waals surface area (Å²) in [6.45, 7) is 3.88. The van der Waals surface area contributed by atoms with Crippen molar-refractivity contribution >= 4 is 25.8 Å². The Morgan fingerprint density at radius 1 is 1.29 bits per heavy atom. The predicted molar refractivity (Wildman–Crippen MR) is 89.8 cm³/mol. The molecular weight excluding hydrogens is 352 g/mol. The van der Waals surface area contributed by atoms with Gasteiger partial charge in [-0.2, -0.15) is 0 Å². The van der Waals surface area contributed by atoms with Crippen LogP contribution in [-0.2, 0) is 31.1 Å². The van der Waals surface area contributed by atoms with Gasteiger partial charge in [-0.05, 0) is 30.5 Å². The second-order valence-electron chi connectivity index (χ2n) is 5.66. The van der Waals surface area contributed by atoms with Crippen LogP contribution in [-0.4, -0.2) is 52.9 Å². The molecule has 1 aliphatic rings. The van der Waals surface area contributed by atoms with Gasteiger partial charge in [0.05, 0.1) is 9.79 Å². The van der Waals surface area contributed by atoms with Crippen LogP contribution in [0.3, 0.4) is 0 Å². The molecule has 1 saturated heterocycles. The first-order valence-corrected chi connectivity index (χ1v) is 10.3. The molecule has 0 aromatic heterocycles. The Kier molecular flexibility index (Phi) is 5.17. The lowest BCUT2D eigenvalue weighted by Gasteiger charge is -2.16. The zero-order valence-electron chi connectivity index (χ0n) is 13.5. The van der Waals surface area contributed by atoms with Crippen LogP contribution < -0.4 is 5.32 Å². The molecule has 0 bridgehead atoms. The van der Waals surface area contributed by atoms with E-state index in [1.54, 1.807) is 0 Å². The number of carbonyl (C=O) groups excluding carboxylic acids is 1. The Bertz CT molecular complexity index is 873. The maximum Gasteiger partial charge on any atom is 0.242 e. The molecule has 0 saturated carbocycles. The molecule has 9 heteroatoms. The van der Waals surface area contributed by atoms with Crippen LogP contribution in [0, 0.1) is 0 Å². The van der Waals surface area contributed by atoms with E-state index in [4.69, 9.17) is 0 Å². The fourth-order valence-corrected chi connectivity index (χ4v) is 5.43. The van der Waals surface area contributed by atoms with Gasteiger partial charge >= 0.3 is 0 Å². The molecule has 2 rings (SSSR count). The van der Waals surface area contributed by atoms with E-state index >= 15 is 0 Å². The van der Waals surface area contributed by atoms with E-state index in [1.807, 2.05) is 0 Å². The molecule has 1 heterocycles. The molecule has 0 aliphatic carbocycles. The first kappa shape index (κ1) is 18.6. The van der Waals surface area contributed by atoms with Crippen LogP contribution in [0.25, 0.3) is 0 Å². The molecule has 1 N–H and O–H groups in total. The third-order valence-corrected chi connectivity index (χ3v) is 7.86. The number of carbonyl (C=O) groups is 1. The Morgan fingerprint density at radius 3 is 2.46 bits per heavy atom. The molecule has 1 amide bonds. The largest absolute Gasteiger partial charge is 0.355 e. The summed E-state index contributed by atoms with van der Waals surface area (Å²) in [7, 11) is -5.04. The van der Waals surface area contributed by atoms with Gasteiger partial charge in [0.1, 0.15) is 5.25 Å². The number of hydrogen-bond donors (Lipinski definition) is 1. The number of rotatable bonds is 6. The average Bonchev–Trinajstić information content (AvgIpc) is 2.94. The molecule has 1 unspecified atom stereocenters. The molecule has 1 aliphatic heterocycles. The summed E-state index contributed by atoms with van der Waals surface area (Å²) < 4.78 is 51.4. The van der Waals surface area contributed by atoms with Crippen molar-refractivity contribution < 1.29 is 21.6 Å². The van der Waals surface area contributed by atoms with Gasteiger partial charge in [0.25, 0.3) is 0 Å². The summed E-state index contributed by atoms with van der Waals surface area (Å²) in [4.78, 5) is 11.6. The SMILES string of the molecule is C=CCc1ccc(S(=O)(=O)N(C)C)cc1S(=O)(=O)C1CCNC1=O. The minimum Gasteiger partial charge on any atom is -0.355 e. The summed E-state index contributed by atoms with van der Waals surface area (Å²) in [6.07, 6.45) is 1.95. The number of hydrogen-bond acceptors (Lipinski definition) is 5. The lowest BCUT2D eigenvalue weighted by molar-refractivity contribution is -0.118. The summed E-state index contributed by atoms with van der Waals surface area (Å²) >= 11 is 0. The van der Waals surface area contributed by atoms with E-state index in [-0.39, 0.29) is 29.2 Å². The maximum absolute atomic E-state index is 12.9. The summed E-state index contributed by atoms with van der Waals surface area (Å²) in [5.41, 5.74) is 0.419. The number of sulfone groups is 1. The zero-order chi connectivity index (χ0) is 18.1. The van der Waals surface area contributed by atoms with Crippen molar-refractivity contribution in [2.75, 3.05) is 20.6 Å². The Labute approximate surface area is 142 Å². The van der Waals surface area contributed by atoms with Crippen LogP contribution in [0.2, 0.25) is 0 Å². The van der Waals surface area contributed by atoms with Crippen LogP contribution >= 0.6 is 0 Å². The maximum atomic E-state index is 12.9. The van der Waals surface area contributed by atoms with Crippen molar-refractivity contribution in [3.05, 3.63) is 36.4 Å². The van der Waals surface area contributed by atoms with Crippen molar-refractivity contribution in [1.29, 1.82) is 0 Å². The topological polar surface area (TPSA) is 101 Å². The van der Waals surface area contributed by atoms with Gasteiger partial charge in [0, 0.05) is 20.6 Å². The average molecular weight is 372 g/mol. The number of nitrogens with zero attached hydrogens (tertiary/aromatic N) is 1. The minimum absolute atomic E-state index is 0.128. The quantitative estimate of drug-likeness (QED) is 0.725. The van der Waals surface area contributed by atoms with E-state index in [1.165, 1.54) is 32.3 Å². The van der Waals surface area contributed by atoms with Crippen LogP contribution in [0.1, 0.15) is 12.0 Å². The van der Waals surface area contributed by atoms with Gasteiger partial charge in [-0.15, -0.1) is 6.58 Å². The highest BCUT2D eigenvalue weighted by Gasteiger charge is 2.39. The first-order valence-electron chi connectivity index (χ1n) is 7.30. The fourth-order valence-electron chi connectivity index (χ4n) is 2.52. The molecule has 1 fully saturated rings. The van der Waals surface area contributed by atoms with E-state index < -0.39 is 31.0 Å². The van der Waals surface area contributed by atoms with E-state index in [0.29, 0.717) is 5.56 Å². The molecule has 0 radical (unpaired) electrons. The second-order valence-corrected chi connectivity index (χ2v) is 9.91. The first-order chi connectivity index (χ1) is 11.1. The molecule has 1 atom stereocenters. The number of benzene rings is 1. The summed E-state index contributed by atoms with van der Waals surface area (Å²) in [6, 6.07) is 3.95. The number of nitrogens with one attached hydrogen (secondary N) is 1. The van der Waals surface area contributed by atoms with Crippen molar-refractivity contribution in [3.8, 4) is 0 Å². The lowest BCUT2D eigenvalue weighted by atomic mass is 10.1. The van der Waals surface area contributed by atoms with Gasteiger partial charge in [-0.3, -0.25) is 4.79 Å². The Balaban J connectivity index is 2.66. The van der Waals surface area contributed by atoms with Crippen molar-refractivity contribution in [2.24, 2.45) is 0 Å². The van der Waals surface area contributed by atoms with E-state index in [9.17, 15) is 21.6 Å². The highest BCUT2D eigenvalue weighted by atomic mass is 32.2. The van der Waals surface area contributed by atoms with Crippen LogP contribution in [0.15, 0.2) is 40.6 Å². The van der Waals surface area contributed by atoms with Crippen molar-refractivity contribution in [2.45, 2.75) is 27.9 Å². The Hall–Kier alpha value is -1.71. The van der Waals surface area contributed by atoms with Gasteiger partial charge in [-0.25, -0.2) is 21.1 Å². The van der Waals surface area contributed by atoms with Crippen LogP contribution in [0.4, 0.5) is 0 Å². The standard InChI is InChI=1S/C15H20N2O5S2/c1-4-5-11-6-7-12(24(21,22)17(2)3)10-14(11)23(19,20)13-8-9-16-15(13)18/h4,6-7,10,13H,1,5,8-9H2,2-3H3,(H,16,18). The lowest BCUT2D eigenvalue weighted by Crippen LogP contribution is -2.31. The summed E-state index contributed by atoms with van der Waals surface area (Å²) in [5.74, 6) is -0.555.